The Morgan fingerprint density at radius 3 is 2.65 bits per heavy atom. The van der Waals surface area contributed by atoms with Gasteiger partial charge in [0.05, 0.1) is 6.61 Å². The molecule has 1 aromatic rings. The average molecular weight is 275 g/mol. The molecule has 0 amide bonds. The van der Waals surface area contributed by atoms with Gasteiger partial charge in [-0.2, -0.15) is 0 Å². The summed E-state index contributed by atoms with van der Waals surface area (Å²) in [5.74, 6) is 1.73. The molecule has 0 aromatic heterocycles. The molecule has 1 N–H and O–H groups in total. The molecule has 1 aromatic carbocycles. The van der Waals surface area contributed by atoms with E-state index in [-0.39, 0.29) is 0 Å². The van der Waals surface area contributed by atoms with Gasteiger partial charge in [0.15, 0.2) is 0 Å². The summed E-state index contributed by atoms with van der Waals surface area (Å²) in [6, 6.07) is 10.9. The van der Waals surface area contributed by atoms with Gasteiger partial charge >= 0.3 is 0 Å². The van der Waals surface area contributed by atoms with E-state index in [9.17, 15) is 0 Å². The van der Waals surface area contributed by atoms with Crippen LogP contribution in [0.3, 0.4) is 0 Å². The number of ether oxygens (including phenoxy) is 1. The van der Waals surface area contributed by atoms with Gasteiger partial charge in [0.2, 0.25) is 0 Å². The predicted octanol–water partition coefficient (Wildman–Crippen LogP) is 3.66. The molecular formula is C18H29NO. The lowest BCUT2D eigenvalue weighted by molar-refractivity contribution is 0.196. The van der Waals surface area contributed by atoms with Crippen LogP contribution in [0.25, 0.3) is 0 Å². The van der Waals surface area contributed by atoms with Crippen molar-refractivity contribution in [3.05, 3.63) is 35.9 Å². The maximum Gasteiger partial charge on any atom is 0.0587 e. The van der Waals surface area contributed by atoms with Gasteiger partial charge in [0.1, 0.15) is 0 Å². The Balaban J connectivity index is 1.81. The van der Waals surface area contributed by atoms with Crippen molar-refractivity contribution < 1.29 is 4.74 Å². The lowest BCUT2D eigenvalue weighted by atomic mass is 9.88. The zero-order valence-corrected chi connectivity index (χ0v) is 12.8. The zero-order chi connectivity index (χ0) is 14.0. The summed E-state index contributed by atoms with van der Waals surface area (Å²) in [7, 11) is 1.77. The summed E-state index contributed by atoms with van der Waals surface area (Å²) in [4.78, 5) is 0. The number of hydrogen-bond acceptors (Lipinski definition) is 2. The molecular weight excluding hydrogens is 246 g/mol. The molecule has 1 atom stereocenters. The lowest BCUT2D eigenvalue weighted by Gasteiger charge is -2.21. The molecule has 0 heterocycles. The first-order valence-corrected chi connectivity index (χ1v) is 8.12. The minimum atomic E-state index is 0.761. The molecule has 0 spiro atoms. The summed E-state index contributed by atoms with van der Waals surface area (Å²) in [5, 5.41) is 3.56. The van der Waals surface area contributed by atoms with Crippen LogP contribution >= 0.6 is 0 Å². The molecule has 1 saturated carbocycles. The predicted molar refractivity (Wildman–Crippen MR) is 85.0 cm³/mol. The summed E-state index contributed by atoms with van der Waals surface area (Å²) in [6.07, 6.45) is 8.37. The van der Waals surface area contributed by atoms with Gasteiger partial charge < -0.3 is 10.1 Å². The standard InChI is InChI=1S/C18H29NO/c1-20-12-11-19-15-18(14-17-9-5-6-10-17)13-16-7-3-2-4-8-16/h2-4,7-8,17-19H,5-6,9-15H2,1H3. The minimum absolute atomic E-state index is 0.761. The van der Waals surface area contributed by atoms with E-state index in [0.29, 0.717) is 0 Å². The van der Waals surface area contributed by atoms with Crippen molar-refractivity contribution in [1.29, 1.82) is 0 Å². The van der Waals surface area contributed by atoms with Crippen LogP contribution in [0, 0.1) is 11.8 Å². The van der Waals surface area contributed by atoms with Crippen LogP contribution in [-0.4, -0.2) is 26.8 Å². The molecule has 2 rings (SSSR count). The third-order valence-corrected chi connectivity index (χ3v) is 4.42. The van der Waals surface area contributed by atoms with Crippen molar-refractivity contribution in [2.45, 2.75) is 38.5 Å². The first-order valence-electron chi connectivity index (χ1n) is 8.12. The lowest BCUT2D eigenvalue weighted by Crippen LogP contribution is -2.28. The van der Waals surface area contributed by atoms with Gasteiger partial charge in [-0.1, -0.05) is 56.0 Å². The van der Waals surface area contributed by atoms with Gasteiger partial charge in [-0.15, -0.1) is 0 Å². The van der Waals surface area contributed by atoms with Crippen molar-refractivity contribution in [2.24, 2.45) is 11.8 Å². The molecule has 1 unspecified atom stereocenters. The Morgan fingerprint density at radius 1 is 1.20 bits per heavy atom. The molecule has 112 valence electrons. The van der Waals surface area contributed by atoms with E-state index >= 15 is 0 Å². The summed E-state index contributed by atoms with van der Waals surface area (Å²) < 4.78 is 5.11. The molecule has 1 fully saturated rings. The average Bonchev–Trinajstić information content (AvgIpc) is 2.97. The van der Waals surface area contributed by atoms with Crippen LogP contribution in [0.15, 0.2) is 30.3 Å². The maximum absolute atomic E-state index is 5.11. The molecule has 0 saturated heterocycles. The SMILES string of the molecule is COCCNCC(Cc1ccccc1)CC1CCCC1. The van der Waals surface area contributed by atoms with E-state index in [2.05, 4.69) is 35.6 Å². The molecule has 2 heteroatoms. The van der Waals surface area contributed by atoms with E-state index in [1.807, 2.05) is 0 Å². The first-order chi connectivity index (χ1) is 9.88. The van der Waals surface area contributed by atoms with E-state index in [1.165, 1.54) is 44.1 Å². The van der Waals surface area contributed by atoms with Gasteiger partial charge in [0, 0.05) is 13.7 Å². The largest absolute Gasteiger partial charge is 0.383 e. The number of benzene rings is 1. The molecule has 1 aliphatic rings. The monoisotopic (exact) mass is 275 g/mol. The van der Waals surface area contributed by atoms with Crippen LogP contribution in [0.1, 0.15) is 37.7 Å². The number of hydrogen-bond donors (Lipinski definition) is 1. The topological polar surface area (TPSA) is 21.3 Å². The first kappa shape index (κ1) is 15.5. The van der Waals surface area contributed by atoms with Crippen molar-refractivity contribution in [3.63, 3.8) is 0 Å². The molecule has 0 radical (unpaired) electrons. The Bertz CT molecular complexity index is 346. The third kappa shape index (κ3) is 5.64. The Labute approximate surface area is 123 Å². The fourth-order valence-electron chi connectivity index (χ4n) is 3.38. The molecule has 1 aliphatic carbocycles. The van der Waals surface area contributed by atoms with Gasteiger partial charge in [-0.3, -0.25) is 0 Å². The summed E-state index contributed by atoms with van der Waals surface area (Å²) in [6.45, 7) is 2.89. The van der Waals surface area contributed by atoms with Gasteiger partial charge in [-0.05, 0) is 36.8 Å². The second-order valence-corrected chi connectivity index (χ2v) is 6.14. The van der Waals surface area contributed by atoms with Crippen molar-refractivity contribution >= 4 is 0 Å². The van der Waals surface area contributed by atoms with E-state index in [0.717, 1.165) is 31.5 Å². The number of rotatable bonds is 9. The number of nitrogens with one attached hydrogen (secondary N) is 1. The molecule has 0 aliphatic heterocycles. The Morgan fingerprint density at radius 2 is 1.95 bits per heavy atom. The van der Waals surface area contributed by atoms with Crippen LogP contribution in [0.4, 0.5) is 0 Å². The highest BCUT2D eigenvalue weighted by atomic mass is 16.5. The summed E-state index contributed by atoms with van der Waals surface area (Å²) in [5.41, 5.74) is 1.48. The Hall–Kier alpha value is -0.860. The van der Waals surface area contributed by atoms with Crippen molar-refractivity contribution in [1.82, 2.24) is 5.32 Å². The smallest absolute Gasteiger partial charge is 0.0587 e. The normalized spacial score (nSPS) is 17.4. The van der Waals surface area contributed by atoms with Crippen LogP contribution < -0.4 is 5.32 Å². The molecule has 20 heavy (non-hydrogen) atoms. The van der Waals surface area contributed by atoms with E-state index in [4.69, 9.17) is 4.74 Å². The highest BCUT2D eigenvalue weighted by Crippen LogP contribution is 2.31. The fourth-order valence-corrected chi connectivity index (χ4v) is 3.38. The number of methoxy groups -OCH3 is 1. The highest BCUT2D eigenvalue weighted by molar-refractivity contribution is 5.15. The second-order valence-electron chi connectivity index (χ2n) is 6.14. The third-order valence-electron chi connectivity index (χ3n) is 4.42. The molecule has 0 bridgehead atoms. The van der Waals surface area contributed by atoms with Crippen molar-refractivity contribution in [2.75, 3.05) is 26.8 Å². The summed E-state index contributed by atoms with van der Waals surface area (Å²) >= 11 is 0. The fraction of sp³-hybridized carbons (Fsp3) is 0.667. The van der Waals surface area contributed by atoms with Crippen LogP contribution in [-0.2, 0) is 11.2 Å². The van der Waals surface area contributed by atoms with Crippen LogP contribution in [0.2, 0.25) is 0 Å². The van der Waals surface area contributed by atoms with Crippen LogP contribution in [0.5, 0.6) is 0 Å². The quantitative estimate of drug-likeness (QED) is 0.694. The molecule has 2 nitrogen and oxygen atoms in total. The Kier molecular flexibility index (Phi) is 7.10. The minimum Gasteiger partial charge on any atom is -0.383 e. The maximum atomic E-state index is 5.11. The second kappa shape index (κ2) is 9.15. The highest BCUT2D eigenvalue weighted by Gasteiger charge is 2.20. The van der Waals surface area contributed by atoms with E-state index in [1.54, 1.807) is 7.11 Å². The van der Waals surface area contributed by atoms with Gasteiger partial charge in [-0.25, -0.2) is 0 Å². The zero-order valence-electron chi connectivity index (χ0n) is 12.8. The van der Waals surface area contributed by atoms with Gasteiger partial charge in [0.25, 0.3) is 0 Å². The van der Waals surface area contributed by atoms with E-state index < -0.39 is 0 Å². The van der Waals surface area contributed by atoms with Crippen molar-refractivity contribution in [3.8, 4) is 0 Å².